The lowest BCUT2D eigenvalue weighted by atomic mass is 9.78. The van der Waals surface area contributed by atoms with Crippen LogP contribution in [0.15, 0.2) is 0 Å². The third-order valence-corrected chi connectivity index (χ3v) is 3.22. The van der Waals surface area contributed by atoms with Crippen LogP contribution in [0.5, 0.6) is 0 Å². The molecule has 1 amide bonds. The lowest BCUT2D eigenvalue weighted by Crippen LogP contribution is -2.39. The van der Waals surface area contributed by atoms with Crippen LogP contribution in [0.1, 0.15) is 39.0 Å². The fraction of sp³-hybridized carbons (Fsp3) is 0.818. The van der Waals surface area contributed by atoms with Crippen molar-refractivity contribution < 1.29 is 14.7 Å². The van der Waals surface area contributed by atoms with Gasteiger partial charge in [-0.2, -0.15) is 0 Å². The minimum Gasteiger partial charge on any atom is -0.481 e. The van der Waals surface area contributed by atoms with E-state index in [1.54, 1.807) is 0 Å². The zero-order chi connectivity index (χ0) is 11.3. The van der Waals surface area contributed by atoms with Crippen LogP contribution >= 0.6 is 0 Å². The summed E-state index contributed by atoms with van der Waals surface area (Å²) in [6.07, 6.45) is 5.07. The Bertz CT molecular complexity index is 230. The number of hydrogen-bond acceptors (Lipinski definition) is 2. The molecule has 2 unspecified atom stereocenters. The monoisotopic (exact) mass is 213 g/mol. The molecule has 3 atom stereocenters. The minimum absolute atomic E-state index is 0.0378. The van der Waals surface area contributed by atoms with Gasteiger partial charge in [-0.05, 0) is 24.7 Å². The Balaban J connectivity index is 2.52. The van der Waals surface area contributed by atoms with Crippen molar-refractivity contribution in [2.24, 2.45) is 11.8 Å². The van der Waals surface area contributed by atoms with Gasteiger partial charge in [0, 0.05) is 6.04 Å². The first kappa shape index (κ1) is 12.0. The van der Waals surface area contributed by atoms with Crippen LogP contribution in [0.25, 0.3) is 0 Å². The van der Waals surface area contributed by atoms with E-state index in [1.807, 2.05) is 0 Å². The van der Waals surface area contributed by atoms with Crippen LogP contribution in [0.2, 0.25) is 0 Å². The Morgan fingerprint density at radius 2 is 2.33 bits per heavy atom. The molecule has 86 valence electrons. The topological polar surface area (TPSA) is 66.4 Å². The Labute approximate surface area is 90.0 Å². The van der Waals surface area contributed by atoms with Gasteiger partial charge in [0.2, 0.25) is 6.41 Å². The van der Waals surface area contributed by atoms with E-state index in [4.69, 9.17) is 5.11 Å². The Morgan fingerprint density at radius 3 is 2.87 bits per heavy atom. The zero-order valence-electron chi connectivity index (χ0n) is 9.11. The first-order valence-electron chi connectivity index (χ1n) is 5.55. The second-order valence-corrected chi connectivity index (χ2v) is 4.52. The van der Waals surface area contributed by atoms with Gasteiger partial charge in [-0.25, -0.2) is 0 Å². The van der Waals surface area contributed by atoms with E-state index >= 15 is 0 Å². The number of amides is 1. The number of carboxylic acids is 1. The van der Waals surface area contributed by atoms with Crippen molar-refractivity contribution in [3.63, 3.8) is 0 Å². The summed E-state index contributed by atoms with van der Waals surface area (Å²) in [5.74, 6) is 0.135. The summed E-state index contributed by atoms with van der Waals surface area (Å²) in [5, 5.41) is 11.4. The molecule has 1 aliphatic carbocycles. The van der Waals surface area contributed by atoms with Crippen molar-refractivity contribution in [3.05, 3.63) is 0 Å². The molecule has 15 heavy (non-hydrogen) atoms. The number of nitrogens with one attached hydrogen (secondary N) is 1. The zero-order valence-corrected chi connectivity index (χ0v) is 9.11. The highest BCUT2D eigenvalue weighted by Gasteiger charge is 2.27. The van der Waals surface area contributed by atoms with Crippen molar-refractivity contribution in [1.29, 1.82) is 0 Å². The molecule has 1 aliphatic rings. The molecule has 4 heteroatoms. The molecule has 0 aromatic heterocycles. The normalized spacial score (nSPS) is 28.1. The van der Waals surface area contributed by atoms with Gasteiger partial charge in [0.15, 0.2) is 0 Å². The van der Waals surface area contributed by atoms with Gasteiger partial charge in [0.05, 0.1) is 6.42 Å². The molecular formula is C11H19NO3. The van der Waals surface area contributed by atoms with Crippen LogP contribution in [-0.4, -0.2) is 23.5 Å². The van der Waals surface area contributed by atoms with Crippen molar-refractivity contribution >= 4 is 12.4 Å². The summed E-state index contributed by atoms with van der Waals surface area (Å²) in [7, 11) is 0. The molecule has 1 rings (SSSR count). The van der Waals surface area contributed by atoms with Crippen molar-refractivity contribution in [2.45, 2.75) is 45.1 Å². The van der Waals surface area contributed by atoms with E-state index in [2.05, 4.69) is 12.2 Å². The number of hydrogen-bond donors (Lipinski definition) is 2. The molecule has 0 radical (unpaired) electrons. The molecule has 0 aromatic carbocycles. The van der Waals surface area contributed by atoms with E-state index in [-0.39, 0.29) is 12.5 Å². The van der Waals surface area contributed by atoms with Gasteiger partial charge in [0.1, 0.15) is 0 Å². The summed E-state index contributed by atoms with van der Waals surface area (Å²) in [4.78, 5) is 21.1. The number of carboxylic acid groups (broad SMARTS) is 1. The minimum atomic E-state index is -0.840. The van der Waals surface area contributed by atoms with Gasteiger partial charge < -0.3 is 10.4 Å². The highest BCUT2D eigenvalue weighted by atomic mass is 16.4. The quantitative estimate of drug-likeness (QED) is 0.678. The molecule has 0 bridgehead atoms. The average Bonchev–Trinajstić information content (AvgIpc) is 2.16. The average molecular weight is 213 g/mol. The molecule has 1 fully saturated rings. The molecule has 1 saturated carbocycles. The predicted molar refractivity (Wildman–Crippen MR) is 56.4 cm³/mol. The summed E-state index contributed by atoms with van der Waals surface area (Å²) < 4.78 is 0. The maximum atomic E-state index is 10.7. The van der Waals surface area contributed by atoms with Crippen molar-refractivity contribution in [1.82, 2.24) is 5.32 Å². The number of carbonyl (C=O) groups is 2. The largest absolute Gasteiger partial charge is 0.481 e. The standard InChI is InChI=1S/C11H19NO3/c1-8-3-2-4-9(5-8)10(12-7-13)6-11(14)15/h7-10H,2-6H2,1H3,(H,12,13)(H,14,15)/t8?,9?,10-/m1/s1. The maximum Gasteiger partial charge on any atom is 0.305 e. The fourth-order valence-electron chi connectivity index (χ4n) is 2.48. The Kier molecular flexibility index (Phi) is 4.59. The lowest BCUT2D eigenvalue weighted by Gasteiger charge is -2.32. The maximum absolute atomic E-state index is 10.7. The molecule has 4 nitrogen and oxygen atoms in total. The van der Waals surface area contributed by atoms with Gasteiger partial charge in [-0.15, -0.1) is 0 Å². The van der Waals surface area contributed by atoms with Crippen molar-refractivity contribution in [2.75, 3.05) is 0 Å². The van der Waals surface area contributed by atoms with Gasteiger partial charge >= 0.3 is 5.97 Å². The van der Waals surface area contributed by atoms with Gasteiger partial charge in [-0.1, -0.05) is 19.8 Å². The molecule has 0 aliphatic heterocycles. The van der Waals surface area contributed by atoms with E-state index in [9.17, 15) is 9.59 Å². The Hall–Kier alpha value is -1.06. The highest BCUT2D eigenvalue weighted by Crippen LogP contribution is 2.31. The van der Waals surface area contributed by atoms with Crippen LogP contribution in [0.3, 0.4) is 0 Å². The number of aliphatic carboxylic acids is 1. The first-order valence-corrected chi connectivity index (χ1v) is 5.55. The summed E-state index contributed by atoms with van der Waals surface area (Å²) in [6.45, 7) is 2.19. The fourth-order valence-corrected chi connectivity index (χ4v) is 2.48. The first-order chi connectivity index (χ1) is 7.13. The van der Waals surface area contributed by atoms with Crippen LogP contribution < -0.4 is 5.32 Å². The molecular weight excluding hydrogens is 194 g/mol. The van der Waals surface area contributed by atoms with E-state index in [0.717, 1.165) is 19.3 Å². The van der Waals surface area contributed by atoms with Crippen molar-refractivity contribution in [3.8, 4) is 0 Å². The molecule has 0 saturated heterocycles. The molecule has 0 heterocycles. The predicted octanol–water partition coefficient (Wildman–Crippen LogP) is 1.40. The van der Waals surface area contributed by atoms with E-state index in [0.29, 0.717) is 18.2 Å². The second kappa shape index (κ2) is 5.73. The van der Waals surface area contributed by atoms with E-state index < -0.39 is 5.97 Å². The molecule has 0 aromatic rings. The van der Waals surface area contributed by atoms with Crippen LogP contribution in [0, 0.1) is 11.8 Å². The second-order valence-electron chi connectivity index (χ2n) is 4.52. The number of carbonyl (C=O) groups excluding carboxylic acids is 1. The van der Waals surface area contributed by atoms with Gasteiger partial charge in [0.25, 0.3) is 0 Å². The number of rotatable bonds is 5. The Morgan fingerprint density at radius 1 is 1.60 bits per heavy atom. The summed E-state index contributed by atoms with van der Waals surface area (Å²) >= 11 is 0. The third-order valence-electron chi connectivity index (χ3n) is 3.22. The van der Waals surface area contributed by atoms with E-state index in [1.165, 1.54) is 6.42 Å². The van der Waals surface area contributed by atoms with Gasteiger partial charge in [-0.3, -0.25) is 9.59 Å². The summed E-state index contributed by atoms with van der Waals surface area (Å²) in [5.41, 5.74) is 0. The summed E-state index contributed by atoms with van der Waals surface area (Å²) in [6, 6.07) is -0.192. The third kappa shape index (κ3) is 3.90. The van der Waals surface area contributed by atoms with Crippen LogP contribution in [-0.2, 0) is 9.59 Å². The lowest BCUT2D eigenvalue weighted by molar-refractivity contribution is -0.138. The molecule has 2 N–H and O–H groups in total. The smallest absolute Gasteiger partial charge is 0.305 e. The van der Waals surface area contributed by atoms with Crippen LogP contribution in [0.4, 0.5) is 0 Å². The molecule has 0 spiro atoms. The SMILES string of the molecule is CC1CCCC([C@@H](CC(=O)O)NC=O)C1. The highest BCUT2D eigenvalue weighted by molar-refractivity contribution is 5.68.